The molecule has 2 aromatic heterocycles. The molecule has 0 fully saturated rings. The standard InChI is InChI=1S/C14H12N2O2S/c15-10-3-1-4-12(7-10)19-9-11-8-14(18-16-11)13-5-2-6-17-13/h1-8H,9,15H2. The van der Waals surface area contributed by atoms with Crippen molar-refractivity contribution in [2.24, 2.45) is 0 Å². The van der Waals surface area contributed by atoms with E-state index < -0.39 is 0 Å². The summed E-state index contributed by atoms with van der Waals surface area (Å²) in [5.74, 6) is 2.06. The average Bonchev–Trinajstić information content (AvgIpc) is 3.07. The maximum Gasteiger partial charge on any atom is 0.202 e. The molecule has 19 heavy (non-hydrogen) atoms. The van der Waals surface area contributed by atoms with E-state index in [4.69, 9.17) is 14.7 Å². The van der Waals surface area contributed by atoms with Gasteiger partial charge in [-0.25, -0.2) is 0 Å². The molecule has 5 heteroatoms. The molecule has 0 aliphatic heterocycles. The molecule has 96 valence electrons. The summed E-state index contributed by atoms with van der Waals surface area (Å²) in [5, 5.41) is 4.02. The van der Waals surface area contributed by atoms with Crippen LogP contribution in [0.15, 0.2) is 62.6 Å². The van der Waals surface area contributed by atoms with Gasteiger partial charge in [-0.05, 0) is 30.3 Å². The quantitative estimate of drug-likeness (QED) is 0.578. The largest absolute Gasteiger partial charge is 0.461 e. The molecule has 0 bridgehead atoms. The molecule has 1 aromatic carbocycles. The van der Waals surface area contributed by atoms with Gasteiger partial charge >= 0.3 is 0 Å². The number of furan rings is 1. The summed E-state index contributed by atoms with van der Waals surface area (Å²) in [7, 11) is 0. The molecular weight excluding hydrogens is 260 g/mol. The number of nitrogen functional groups attached to an aromatic ring is 1. The average molecular weight is 272 g/mol. The number of aromatic nitrogens is 1. The highest BCUT2D eigenvalue weighted by atomic mass is 32.2. The molecule has 0 radical (unpaired) electrons. The Balaban J connectivity index is 1.68. The molecule has 0 aliphatic carbocycles. The maximum absolute atomic E-state index is 5.74. The van der Waals surface area contributed by atoms with Crippen LogP contribution in [-0.4, -0.2) is 5.16 Å². The van der Waals surface area contributed by atoms with E-state index in [0.29, 0.717) is 11.5 Å². The summed E-state index contributed by atoms with van der Waals surface area (Å²) >= 11 is 1.67. The minimum atomic E-state index is 0.646. The summed E-state index contributed by atoms with van der Waals surface area (Å²) < 4.78 is 10.5. The van der Waals surface area contributed by atoms with E-state index in [-0.39, 0.29) is 0 Å². The van der Waals surface area contributed by atoms with Crippen LogP contribution in [-0.2, 0) is 5.75 Å². The Labute approximate surface area is 114 Å². The number of nitrogens with zero attached hydrogens (tertiary/aromatic N) is 1. The van der Waals surface area contributed by atoms with Crippen molar-refractivity contribution >= 4 is 17.4 Å². The fourth-order valence-corrected chi connectivity index (χ4v) is 2.52. The van der Waals surface area contributed by atoms with Crippen LogP contribution in [0.5, 0.6) is 0 Å². The molecule has 0 spiro atoms. The van der Waals surface area contributed by atoms with Crippen LogP contribution in [0.25, 0.3) is 11.5 Å². The summed E-state index contributed by atoms with van der Waals surface area (Å²) in [5.41, 5.74) is 7.38. The van der Waals surface area contributed by atoms with Crippen LogP contribution < -0.4 is 5.73 Å². The van der Waals surface area contributed by atoms with Crippen molar-refractivity contribution in [1.82, 2.24) is 5.16 Å². The zero-order valence-electron chi connectivity index (χ0n) is 10.1. The number of hydrogen-bond donors (Lipinski definition) is 1. The minimum Gasteiger partial charge on any atom is -0.461 e. The number of benzene rings is 1. The third kappa shape index (κ3) is 2.82. The van der Waals surface area contributed by atoms with Crippen LogP contribution in [0, 0.1) is 0 Å². The Morgan fingerprint density at radius 3 is 2.84 bits per heavy atom. The van der Waals surface area contributed by atoms with Crippen molar-refractivity contribution < 1.29 is 8.94 Å². The van der Waals surface area contributed by atoms with E-state index in [1.807, 2.05) is 42.5 Å². The first kappa shape index (κ1) is 11.9. The summed E-state index contributed by atoms with van der Waals surface area (Å²) in [6.45, 7) is 0. The molecule has 4 nitrogen and oxygen atoms in total. The second-order valence-electron chi connectivity index (χ2n) is 4.02. The van der Waals surface area contributed by atoms with Gasteiger partial charge in [-0.1, -0.05) is 11.2 Å². The molecule has 3 rings (SSSR count). The van der Waals surface area contributed by atoms with E-state index in [9.17, 15) is 0 Å². The van der Waals surface area contributed by atoms with Crippen LogP contribution in [0.1, 0.15) is 5.69 Å². The zero-order chi connectivity index (χ0) is 13.1. The van der Waals surface area contributed by atoms with Gasteiger partial charge < -0.3 is 14.7 Å². The zero-order valence-corrected chi connectivity index (χ0v) is 10.9. The van der Waals surface area contributed by atoms with E-state index >= 15 is 0 Å². The monoisotopic (exact) mass is 272 g/mol. The first-order chi connectivity index (χ1) is 9.31. The number of anilines is 1. The van der Waals surface area contributed by atoms with Gasteiger partial charge in [0.1, 0.15) is 0 Å². The minimum absolute atomic E-state index is 0.646. The lowest BCUT2D eigenvalue weighted by Gasteiger charge is -1.99. The highest BCUT2D eigenvalue weighted by Gasteiger charge is 2.09. The Morgan fingerprint density at radius 2 is 2.05 bits per heavy atom. The Hall–Kier alpha value is -2.14. The summed E-state index contributed by atoms with van der Waals surface area (Å²) in [6, 6.07) is 13.3. The SMILES string of the molecule is Nc1cccc(SCc2cc(-c3ccco3)on2)c1. The van der Waals surface area contributed by atoms with Gasteiger partial charge in [0.05, 0.1) is 12.0 Å². The molecule has 2 N–H and O–H groups in total. The number of hydrogen-bond acceptors (Lipinski definition) is 5. The second-order valence-corrected chi connectivity index (χ2v) is 5.07. The van der Waals surface area contributed by atoms with Crippen LogP contribution in [0.3, 0.4) is 0 Å². The fourth-order valence-electron chi connectivity index (χ4n) is 1.68. The topological polar surface area (TPSA) is 65.2 Å². The molecule has 0 aliphatic rings. The van der Waals surface area contributed by atoms with Gasteiger partial charge in [-0.15, -0.1) is 11.8 Å². The lowest BCUT2D eigenvalue weighted by molar-refractivity contribution is 0.413. The van der Waals surface area contributed by atoms with Gasteiger partial charge in [0.2, 0.25) is 5.76 Å². The van der Waals surface area contributed by atoms with Crippen molar-refractivity contribution in [2.45, 2.75) is 10.6 Å². The van der Waals surface area contributed by atoms with Gasteiger partial charge in [0.15, 0.2) is 5.76 Å². The first-order valence-electron chi connectivity index (χ1n) is 5.79. The van der Waals surface area contributed by atoms with Crippen LogP contribution in [0.4, 0.5) is 5.69 Å². The normalized spacial score (nSPS) is 10.7. The van der Waals surface area contributed by atoms with Crippen molar-refractivity contribution in [1.29, 1.82) is 0 Å². The van der Waals surface area contributed by atoms with E-state index in [1.165, 1.54) is 0 Å². The molecular formula is C14H12N2O2S. The van der Waals surface area contributed by atoms with Gasteiger partial charge in [0, 0.05) is 22.4 Å². The Kier molecular flexibility index (Phi) is 3.29. The molecule has 3 aromatic rings. The molecule has 0 unspecified atom stereocenters. The number of rotatable bonds is 4. The van der Waals surface area contributed by atoms with E-state index in [0.717, 1.165) is 22.0 Å². The molecule has 0 amide bonds. The van der Waals surface area contributed by atoms with Crippen LogP contribution >= 0.6 is 11.8 Å². The van der Waals surface area contributed by atoms with Gasteiger partial charge in [0.25, 0.3) is 0 Å². The van der Waals surface area contributed by atoms with Gasteiger partial charge in [-0.3, -0.25) is 0 Å². The second kappa shape index (κ2) is 5.24. The lowest BCUT2D eigenvalue weighted by atomic mass is 10.3. The lowest BCUT2D eigenvalue weighted by Crippen LogP contribution is -1.84. The predicted molar refractivity (Wildman–Crippen MR) is 74.6 cm³/mol. The smallest absolute Gasteiger partial charge is 0.202 e. The van der Waals surface area contributed by atoms with Crippen molar-refractivity contribution in [3.8, 4) is 11.5 Å². The third-order valence-corrected chi connectivity index (χ3v) is 3.60. The number of thioether (sulfide) groups is 1. The van der Waals surface area contributed by atoms with Crippen molar-refractivity contribution in [3.63, 3.8) is 0 Å². The van der Waals surface area contributed by atoms with Crippen LogP contribution in [0.2, 0.25) is 0 Å². The molecule has 0 atom stereocenters. The molecule has 0 saturated carbocycles. The number of nitrogens with two attached hydrogens (primary N) is 1. The Morgan fingerprint density at radius 1 is 1.11 bits per heavy atom. The van der Waals surface area contributed by atoms with Crippen molar-refractivity contribution in [3.05, 3.63) is 54.4 Å². The van der Waals surface area contributed by atoms with E-state index in [2.05, 4.69) is 5.16 Å². The summed E-state index contributed by atoms with van der Waals surface area (Å²) in [4.78, 5) is 1.11. The maximum atomic E-state index is 5.74. The first-order valence-corrected chi connectivity index (χ1v) is 6.77. The van der Waals surface area contributed by atoms with E-state index in [1.54, 1.807) is 18.0 Å². The summed E-state index contributed by atoms with van der Waals surface area (Å²) in [6.07, 6.45) is 1.61. The highest BCUT2D eigenvalue weighted by molar-refractivity contribution is 7.98. The van der Waals surface area contributed by atoms with Crippen molar-refractivity contribution in [2.75, 3.05) is 5.73 Å². The predicted octanol–water partition coefficient (Wildman–Crippen LogP) is 3.81. The highest BCUT2D eigenvalue weighted by Crippen LogP contribution is 2.26. The third-order valence-electron chi connectivity index (χ3n) is 2.57. The Bertz CT molecular complexity index is 662. The molecule has 2 heterocycles. The molecule has 0 saturated heterocycles. The fraction of sp³-hybridized carbons (Fsp3) is 0.0714. The van der Waals surface area contributed by atoms with Gasteiger partial charge in [-0.2, -0.15) is 0 Å².